The van der Waals surface area contributed by atoms with Crippen LogP contribution in [0.15, 0.2) is 0 Å². The topological polar surface area (TPSA) is 37.4 Å². The summed E-state index contributed by atoms with van der Waals surface area (Å²) >= 11 is 0. The van der Waals surface area contributed by atoms with Crippen LogP contribution in [-0.2, 0) is 10.0 Å². The molecule has 0 radical (unpaired) electrons. The lowest BCUT2D eigenvalue weighted by molar-refractivity contribution is 0.389. The van der Waals surface area contributed by atoms with E-state index in [1.54, 1.807) is 11.2 Å². The summed E-state index contributed by atoms with van der Waals surface area (Å²) in [6, 6.07) is 0.352. The van der Waals surface area contributed by atoms with Crippen LogP contribution < -0.4 is 0 Å². The van der Waals surface area contributed by atoms with Crippen LogP contribution in [0.25, 0.3) is 0 Å². The second-order valence-electron chi connectivity index (χ2n) is 4.14. The molecule has 13 heavy (non-hydrogen) atoms. The van der Waals surface area contributed by atoms with Crippen molar-refractivity contribution in [3.8, 4) is 0 Å². The molecular weight excluding hydrogens is 186 g/mol. The van der Waals surface area contributed by atoms with Crippen LogP contribution in [0.5, 0.6) is 0 Å². The summed E-state index contributed by atoms with van der Waals surface area (Å²) in [5.74, 6) is 0.929. The van der Waals surface area contributed by atoms with Crippen LogP contribution in [0, 0.1) is 5.92 Å². The zero-order chi connectivity index (χ0) is 9.47. The zero-order valence-corrected chi connectivity index (χ0v) is 8.89. The lowest BCUT2D eigenvalue weighted by atomic mass is 10.4. The van der Waals surface area contributed by atoms with E-state index in [0.717, 1.165) is 19.4 Å². The minimum absolute atomic E-state index is 0.260. The molecule has 3 nitrogen and oxygen atoms in total. The van der Waals surface area contributed by atoms with Crippen molar-refractivity contribution in [2.24, 2.45) is 5.92 Å². The van der Waals surface area contributed by atoms with Gasteiger partial charge in [-0.1, -0.05) is 0 Å². The standard InChI is InChI=1S/C9H17NO2S/c1-2-13(11,12)10(9-5-6-9)7-8-3-4-8/h8-9H,2-7H2,1H3. The molecule has 0 heterocycles. The fourth-order valence-corrected chi connectivity index (χ4v) is 3.01. The lowest BCUT2D eigenvalue weighted by Crippen LogP contribution is -2.35. The molecule has 2 aliphatic rings. The van der Waals surface area contributed by atoms with Crippen molar-refractivity contribution in [1.29, 1.82) is 0 Å². The van der Waals surface area contributed by atoms with Crippen molar-refractivity contribution in [3.63, 3.8) is 0 Å². The number of hydrogen-bond acceptors (Lipinski definition) is 2. The molecule has 2 rings (SSSR count). The van der Waals surface area contributed by atoms with Gasteiger partial charge in [0.15, 0.2) is 0 Å². The largest absolute Gasteiger partial charge is 0.214 e. The Morgan fingerprint density at radius 1 is 1.23 bits per heavy atom. The van der Waals surface area contributed by atoms with Gasteiger partial charge in [0.2, 0.25) is 10.0 Å². The van der Waals surface area contributed by atoms with Crippen molar-refractivity contribution < 1.29 is 8.42 Å². The predicted molar refractivity (Wildman–Crippen MR) is 51.9 cm³/mol. The van der Waals surface area contributed by atoms with Crippen LogP contribution >= 0.6 is 0 Å². The molecule has 76 valence electrons. The molecule has 0 spiro atoms. The summed E-state index contributed by atoms with van der Waals surface area (Å²) in [5.41, 5.74) is 0. The van der Waals surface area contributed by atoms with E-state index in [1.807, 2.05) is 0 Å². The highest BCUT2D eigenvalue weighted by atomic mass is 32.2. The molecule has 0 unspecified atom stereocenters. The van der Waals surface area contributed by atoms with Crippen LogP contribution in [0.3, 0.4) is 0 Å². The highest BCUT2D eigenvalue weighted by Crippen LogP contribution is 2.36. The van der Waals surface area contributed by atoms with E-state index < -0.39 is 10.0 Å². The summed E-state index contributed by atoms with van der Waals surface area (Å²) in [7, 11) is -2.92. The minimum Gasteiger partial charge on any atom is -0.212 e. The van der Waals surface area contributed by atoms with E-state index in [2.05, 4.69) is 0 Å². The summed E-state index contributed by atoms with van der Waals surface area (Å²) in [5, 5.41) is 0. The van der Waals surface area contributed by atoms with Gasteiger partial charge in [0, 0.05) is 12.6 Å². The van der Waals surface area contributed by atoms with E-state index in [9.17, 15) is 8.42 Å². The van der Waals surface area contributed by atoms with Gasteiger partial charge in [0.1, 0.15) is 0 Å². The average molecular weight is 203 g/mol. The van der Waals surface area contributed by atoms with Crippen molar-refractivity contribution in [1.82, 2.24) is 4.31 Å². The second-order valence-corrected chi connectivity index (χ2v) is 6.35. The molecule has 0 bridgehead atoms. The number of sulfonamides is 1. The highest BCUT2D eigenvalue weighted by Gasteiger charge is 2.39. The van der Waals surface area contributed by atoms with Gasteiger partial charge in [-0.15, -0.1) is 0 Å². The second kappa shape index (κ2) is 3.24. The van der Waals surface area contributed by atoms with Gasteiger partial charge in [0.25, 0.3) is 0 Å². The maximum absolute atomic E-state index is 11.7. The number of hydrogen-bond donors (Lipinski definition) is 0. The predicted octanol–water partition coefficient (Wildman–Crippen LogP) is 1.21. The Labute approximate surface area is 80.2 Å². The van der Waals surface area contributed by atoms with Gasteiger partial charge in [-0.05, 0) is 38.5 Å². The van der Waals surface area contributed by atoms with E-state index in [1.165, 1.54) is 12.8 Å². The molecule has 0 saturated heterocycles. The molecule has 2 fully saturated rings. The van der Waals surface area contributed by atoms with Crippen molar-refractivity contribution in [3.05, 3.63) is 0 Å². The third kappa shape index (κ3) is 2.23. The van der Waals surface area contributed by atoms with E-state index in [4.69, 9.17) is 0 Å². The third-order valence-electron chi connectivity index (χ3n) is 2.81. The monoisotopic (exact) mass is 203 g/mol. The third-order valence-corrected chi connectivity index (χ3v) is 4.70. The molecule has 0 N–H and O–H groups in total. The molecule has 0 aliphatic heterocycles. The van der Waals surface area contributed by atoms with Gasteiger partial charge in [-0.3, -0.25) is 0 Å². The molecule has 0 aromatic rings. The SMILES string of the molecule is CCS(=O)(=O)N(CC1CC1)C1CC1. The maximum Gasteiger partial charge on any atom is 0.214 e. The van der Waals surface area contributed by atoms with Gasteiger partial charge >= 0.3 is 0 Å². The fourth-order valence-electron chi connectivity index (χ4n) is 1.57. The first-order valence-corrected chi connectivity index (χ1v) is 6.74. The smallest absolute Gasteiger partial charge is 0.212 e. The molecule has 0 aromatic carbocycles. The summed E-state index contributed by atoms with van der Waals surface area (Å²) < 4.78 is 25.1. The quantitative estimate of drug-likeness (QED) is 0.673. The van der Waals surface area contributed by atoms with Gasteiger partial charge < -0.3 is 0 Å². The molecule has 2 aliphatic carbocycles. The van der Waals surface area contributed by atoms with Gasteiger partial charge in [-0.2, -0.15) is 4.31 Å². The first kappa shape index (κ1) is 9.46. The normalized spacial score (nSPS) is 23.8. The molecule has 4 heteroatoms. The summed E-state index contributed by atoms with van der Waals surface area (Å²) in [4.78, 5) is 0. The molecule has 0 aromatic heterocycles. The first-order chi connectivity index (χ1) is 6.13. The van der Waals surface area contributed by atoms with Crippen molar-refractivity contribution in [2.45, 2.75) is 38.6 Å². The van der Waals surface area contributed by atoms with E-state index in [-0.39, 0.29) is 5.75 Å². The Morgan fingerprint density at radius 3 is 2.23 bits per heavy atom. The summed E-state index contributed by atoms with van der Waals surface area (Å²) in [6.45, 7) is 2.53. The fraction of sp³-hybridized carbons (Fsp3) is 1.00. The first-order valence-electron chi connectivity index (χ1n) is 5.13. The Balaban J connectivity index is 2.02. The Bertz CT molecular complexity index is 278. The Hall–Kier alpha value is -0.0900. The maximum atomic E-state index is 11.7. The van der Waals surface area contributed by atoms with Crippen LogP contribution in [-0.4, -0.2) is 31.1 Å². The van der Waals surface area contributed by atoms with Gasteiger partial charge in [0.05, 0.1) is 5.75 Å². The minimum atomic E-state index is -2.92. The molecule has 2 saturated carbocycles. The van der Waals surface area contributed by atoms with E-state index >= 15 is 0 Å². The van der Waals surface area contributed by atoms with Gasteiger partial charge in [-0.25, -0.2) is 8.42 Å². The van der Waals surface area contributed by atoms with Crippen LogP contribution in [0.4, 0.5) is 0 Å². The number of nitrogens with zero attached hydrogens (tertiary/aromatic N) is 1. The van der Waals surface area contributed by atoms with E-state index in [0.29, 0.717) is 12.0 Å². The van der Waals surface area contributed by atoms with Crippen LogP contribution in [0.1, 0.15) is 32.6 Å². The van der Waals surface area contributed by atoms with Crippen LogP contribution in [0.2, 0.25) is 0 Å². The van der Waals surface area contributed by atoms with Crippen molar-refractivity contribution >= 4 is 10.0 Å². The lowest BCUT2D eigenvalue weighted by Gasteiger charge is -2.20. The number of rotatable bonds is 5. The molecule has 0 amide bonds. The summed E-state index contributed by atoms with van der Waals surface area (Å²) in [6.07, 6.45) is 4.60. The van der Waals surface area contributed by atoms with Crippen molar-refractivity contribution in [2.75, 3.05) is 12.3 Å². The Morgan fingerprint density at radius 2 is 1.85 bits per heavy atom. The average Bonchev–Trinajstić information content (AvgIpc) is 2.92. The highest BCUT2D eigenvalue weighted by molar-refractivity contribution is 7.89. The molecule has 0 atom stereocenters. The molecular formula is C9H17NO2S. The Kier molecular flexibility index (Phi) is 2.36. The zero-order valence-electron chi connectivity index (χ0n) is 8.07.